The SMILES string of the molecule is CC1CCCCC1NCCSc1nnnn1C1CCCC1. The third-order valence-electron chi connectivity index (χ3n) is 4.98. The van der Waals surface area contributed by atoms with Crippen LogP contribution in [0.4, 0.5) is 0 Å². The second-order valence-electron chi connectivity index (χ2n) is 6.52. The summed E-state index contributed by atoms with van der Waals surface area (Å²) < 4.78 is 2.06. The molecule has 6 heteroatoms. The molecule has 0 saturated heterocycles. The van der Waals surface area contributed by atoms with E-state index >= 15 is 0 Å². The van der Waals surface area contributed by atoms with Gasteiger partial charge >= 0.3 is 0 Å². The molecule has 2 fully saturated rings. The molecule has 2 aliphatic carbocycles. The summed E-state index contributed by atoms with van der Waals surface area (Å²) in [6, 6.07) is 1.25. The minimum Gasteiger partial charge on any atom is -0.313 e. The fourth-order valence-electron chi connectivity index (χ4n) is 3.66. The van der Waals surface area contributed by atoms with Gasteiger partial charge in [0.15, 0.2) is 0 Å². The fourth-order valence-corrected chi connectivity index (χ4v) is 4.48. The summed E-state index contributed by atoms with van der Waals surface area (Å²) in [7, 11) is 0. The van der Waals surface area contributed by atoms with Crippen LogP contribution in [0.3, 0.4) is 0 Å². The molecule has 1 aromatic rings. The lowest BCUT2D eigenvalue weighted by molar-refractivity contribution is 0.285. The summed E-state index contributed by atoms with van der Waals surface area (Å²) in [4.78, 5) is 0. The Labute approximate surface area is 131 Å². The van der Waals surface area contributed by atoms with Gasteiger partial charge in [-0.05, 0) is 42.0 Å². The first-order valence-electron chi connectivity index (χ1n) is 8.48. The first-order valence-corrected chi connectivity index (χ1v) is 9.47. The van der Waals surface area contributed by atoms with E-state index in [9.17, 15) is 0 Å². The monoisotopic (exact) mass is 309 g/mol. The molecule has 0 radical (unpaired) electrons. The molecule has 0 spiro atoms. The number of nitrogens with zero attached hydrogens (tertiary/aromatic N) is 4. The number of thioether (sulfide) groups is 1. The minimum absolute atomic E-state index is 0.536. The maximum atomic E-state index is 4.20. The van der Waals surface area contributed by atoms with Gasteiger partial charge in [0.05, 0.1) is 6.04 Å². The molecule has 0 amide bonds. The average molecular weight is 309 g/mol. The van der Waals surface area contributed by atoms with Crippen LogP contribution in [0.15, 0.2) is 5.16 Å². The number of hydrogen-bond donors (Lipinski definition) is 1. The second-order valence-corrected chi connectivity index (χ2v) is 7.58. The van der Waals surface area contributed by atoms with Gasteiger partial charge in [-0.1, -0.05) is 44.4 Å². The van der Waals surface area contributed by atoms with Gasteiger partial charge in [-0.15, -0.1) is 5.10 Å². The molecular formula is C15H27N5S. The Balaban J connectivity index is 1.42. The summed E-state index contributed by atoms with van der Waals surface area (Å²) >= 11 is 1.79. The normalized spacial score (nSPS) is 27.3. The molecular weight excluding hydrogens is 282 g/mol. The van der Waals surface area contributed by atoms with Crippen molar-refractivity contribution in [3.63, 3.8) is 0 Å². The predicted octanol–water partition coefficient (Wildman–Crippen LogP) is 3.05. The van der Waals surface area contributed by atoms with Crippen LogP contribution < -0.4 is 5.32 Å². The molecule has 0 aromatic carbocycles. The van der Waals surface area contributed by atoms with Gasteiger partial charge in [0.25, 0.3) is 0 Å². The molecule has 2 unspecified atom stereocenters. The van der Waals surface area contributed by atoms with Crippen LogP contribution in [-0.2, 0) is 0 Å². The first-order chi connectivity index (χ1) is 10.3. The Morgan fingerprint density at radius 1 is 1.14 bits per heavy atom. The van der Waals surface area contributed by atoms with Gasteiger partial charge in [0.1, 0.15) is 0 Å². The van der Waals surface area contributed by atoms with E-state index in [1.807, 2.05) is 0 Å². The van der Waals surface area contributed by atoms with Crippen LogP contribution in [-0.4, -0.2) is 38.5 Å². The van der Waals surface area contributed by atoms with Gasteiger partial charge in [-0.3, -0.25) is 0 Å². The van der Waals surface area contributed by atoms with Crippen molar-refractivity contribution in [2.75, 3.05) is 12.3 Å². The lowest BCUT2D eigenvalue weighted by atomic mass is 9.86. The Kier molecular flexibility index (Phi) is 5.52. The zero-order valence-electron chi connectivity index (χ0n) is 13.0. The quantitative estimate of drug-likeness (QED) is 0.646. The van der Waals surface area contributed by atoms with Crippen LogP contribution >= 0.6 is 11.8 Å². The third-order valence-corrected chi connectivity index (χ3v) is 5.92. The van der Waals surface area contributed by atoms with Crippen molar-refractivity contribution in [1.29, 1.82) is 0 Å². The molecule has 21 heavy (non-hydrogen) atoms. The number of rotatable bonds is 6. The zero-order chi connectivity index (χ0) is 14.5. The number of aromatic nitrogens is 4. The molecule has 0 bridgehead atoms. The highest BCUT2D eigenvalue weighted by atomic mass is 32.2. The summed E-state index contributed by atoms with van der Waals surface area (Å²) in [5, 5.41) is 17.0. The highest BCUT2D eigenvalue weighted by Gasteiger charge is 2.22. The van der Waals surface area contributed by atoms with Gasteiger partial charge in [0, 0.05) is 18.3 Å². The van der Waals surface area contributed by atoms with E-state index in [2.05, 4.69) is 32.4 Å². The Morgan fingerprint density at radius 2 is 1.90 bits per heavy atom. The molecule has 2 saturated carbocycles. The van der Waals surface area contributed by atoms with Gasteiger partial charge in [0.2, 0.25) is 5.16 Å². The molecule has 2 aliphatic rings. The fraction of sp³-hybridized carbons (Fsp3) is 0.933. The van der Waals surface area contributed by atoms with Crippen LogP contribution in [0.2, 0.25) is 0 Å². The maximum absolute atomic E-state index is 4.20. The Morgan fingerprint density at radius 3 is 2.71 bits per heavy atom. The van der Waals surface area contributed by atoms with E-state index in [0.29, 0.717) is 12.1 Å². The molecule has 1 heterocycles. The smallest absolute Gasteiger partial charge is 0.209 e. The van der Waals surface area contributed by atoms with Crippen LogP contribution in [0.5, 0.6) is 0 Å². The number of tetrazole rings is 1. The summed E-state index contributed by atoms with van der Waals surface area (Å²) in [5.41, 5.74) is 0. The summed E-state index contributed by atoms with van der Waals surface area (Å²) in [6.45, 7) is 3.43. The van der Waals surface area contributed by atoms with Gasteiger partial charge in [-0.2, -0.15) is 0 Å². The molecule has 2 atom stereocenters. The van der Waals surface area contributed by atoms with Crippen molar-refractivity contribution < 1.29 is 0 Å². The van der Waals surface area contributed by atoms with Crippen LogP contribution in [0, 0.1) is 5.92 Å². The van der Waals surface area contributed by atoms with Crippen molar-refractivity contribution in [2.45, 2.75) is 75.5 Å². The summed E-state index contributed by atoms with van der Waals surface area (Å²) in [6.07, 6.45) is 10.6. The number of nitrogens with one attached hydrogen (secondary N) is 1. The standard InChI is InChI=1S/C15H27N5S/c1-12-6-2-5-9-14(12)16-10-11-21-15-17-18-19-20(15)13-7-3-4-8-13/h12-14,16H,2-11H2,1H3. The first kappa shape index (κ1) is 15.3. The van der Waals surface area contributed by atoms with E-state index in [0.717, 1.165) is 23.4 Å². The van der Waals surface area contributed by atoms with Crippen molar-refractivity contribution in [2.24, 2.45) is 5.92 Å². The zero-order valence-corrected chi connectivity index (χ0v) is 13.8. The van der Waals surface area contributed by atoms with Crippen molar-refractivity contribution >= 4 is 11.8 Å². The van der Waals surface area contributed by atoms with Crippen LogP contribution in [0.25, 0.3) is 0 Å². The topological polar surface area (TPSA) is 55.6 Å². The lowest BCUT2D eigenvalue weighted by Crippen LogP contribution is -2.38. The largest absolute Gasteiger partial charge is 0.313 e. The average Bonchev–Trinajstić information content (AvgIpc) is 3.16. The van der Waals surface area contributed by atoms with Crippen molar-refractivity contribution in [1.82, 2.24) is 25.5 Å². The Hall–Kier alpha value is -0.620. The minimum atomic E-state index is 0.536. The molecule has 3 rings (SSSR count). The number of hydrogen-bond acceptors (Lipinski definition) is 5. The molecule has 5 nitrogen and oxygen atoms in total. The van der Waals surface area contributed by atoms with E-state index in [4.69, 9.17) is 0 Å². The van der Waals surface area contributed by atoms with E-state index < -0.39 is 0 Å². The molecule has 1 aromatic heterocycles. The van der Waals surface area contributed by atoms with Gasteiger partial charge in [-0.25, -0.2) is 4.68 Å². The molecule has 1 N–H and O–H groups in total. The lowest BCUT2D eigenvalue weighted by Gasteiger charge is -2.29. The van der Waals surface area contributed by atoms with E-state index in [-0.39, 0.29) is 0 Å². The molecule has 118 valence electrons. The highest BCUT2D eigenvalue weighted by molar-refractivity contribution is 7.99. The molecule has 0 aliphatic heterocycles. The summed E-state index contributed by atoms with van der Waals surface area (Å²) in [5.74, 6) is 1.88. The third kappa shape index (κ3) is 3.97. The van der Waals surface area contributed by atoms with Gasteiger partial charge < -0.3 is 5.32 Å². The van der Waals surface area contributed by atoms with Crippen molar-refractivity contribution in [3.05, 3.63) is 0 Å². The van der Waals surface area contributed by atoms with E-state index in [1.165, 1.54) is 51.4 Å². The van der Waals surface area contributed by atoms with E-state index in [1.54, 1.807) is 11.8 Å². The second kappa shape index (κ2) is 7.58. The maximum Gasteiger partial charge on any atom is 0.209 e. The van der Waals surface area contributed by atoms with Crippen molar-refractivity contribution in [3.8, 4) is 0 Å². The Bertz CT molecular complexity index is 429. The highest BCUT2D eigenvalue weighted by Crippen LogP contribution is 2.31. The van der Waals surface area contributed by atoms with Crippen LogP contribution in [0.1, 0.15) is 64.3 Å². The predicted molar refractivity (Wildman–Crippen MR) is 85.5 cm³/mol.